The lowest BCUT2D eigenvalue weighted by atomic mass is 9.97. The number of thiophene rings is 1. The first-order valence-electron chi connectivity index (χ1n) is 8.08. The van der Waals surface area contributed by atoms with Gasteiger partial charge >= 0.3 is 0 Å². The maximum Gasteiger partial charge on any atom is 0.0332 e. The van der Waals surface area contributed by atoms with Gasteiger partial charge in [0.15, 0.2) is 0 Å². The number of rotatable bonds is 4. The quantitative estimate of drug-likeness (QED) is 0.912. The van der Waals surface area contributed by atoms with E-state index in [0.29, 0.717) is 6.04 Å². The van der Waals surface area contributed by atoms with Crippen LogP contribution in [-0.2, 0) is 6.54 Å². The van der Waals surface area contributed by atoms with Gasteiger partial charge in [-0.25, -0.2) is 0 Å². The molecule has 1 saturated heterocycles. The summed E-state index contributed by atoms with van der Waals surface area (Å²) in [6, 6.07) is 3.82. The van der Waals surface area contributed by atoms with E-state index in [1.807, 2.05) is 11.3 Å². The number of hydrogen-bond donors (Lipinski definition) is 1. The van der Waals surface area contributed by atoms with Gasteiger partial charge < -0.3 is 5.32 Å². The van der Waals surface area contributed by atoms with Gasteiger partial charge in [0.25, 0.3) is 0 Å². The highest BCUT2D eigenvalue weighted by Gasteiger charge is 2.37. The maximum absolute atomic E-state index is 3.81. The third-order valence-corrected chi connectivity index (χ3v) is 6.16. The normalized spacial score (nSPS) is 28.2. The van der Waals surface area contributed by atoms with Crippen LogP contribution in [0.15, 0.2) is 6.07 Å². The van der Waals surface area contributed by atoms with Crippen LogP contribution in [0.1, 0.15) is 42.0 Å². The fourth-order valence-electron chi connectivity index (χ4n) is 3.44. The minimum absolute atomic E-state index is 0.688. The van der Waals surface area contributed by atoms with Crippen molar-refractivity contribution in [3.63, 3.8) is 0 Å². The summed E-state index contributed by atoms with van der Waals surface area (Å²) in [6.07, 6.45) is 2.88. The molecule has 3 rings (SSSR count). The van der Waals surface area contributed by atoms with Crippen molar-refractivity contribution in [2.45, 2.75) is 59.2 Å². The molecule has 2 aliphatic rings. The molecule has 3 heteroatoms. The molecule has 0 radical (unpaired) electrons. The fourth-order valence-corrected chi connectivity index (χ4v) is 4.51. The van der Waals surface area contributed by atoms with Crippen molar-refractivity contribution in [2.24, 2.45) is 11.8 Å². The van der Waals surface area contributed by atoms with E-state index in [4.69, 9.17) is 0 Å². The molecule has 112 valence electrons. The van der Waals surface area contributed by atoms with Gasteiger partial charge in [-0.1, -0.05) is 13.8 Å². The van der Waals surface area contributed by atoms with E-state index in [1.165, 1.54) is 36.4 Å². The van der Waals surface area contributed by atoms with Crippen LogP contribution in [0.2, 0.25) is 0 Å². The summed E-state index contributed by atoms with van der Waals surface area (Å²) < 4.78 is 0. The summed E-state index contributed by atoms with van der Waals surface area (Å²) in [7, 11) is 0. The second-order valence-corrected chi connectivity index (χ2v) is 8.39. The van der Waals surface area contributed by atoms with Crippen LogP contribution in [-0.4, -0.2) is 30.1 Å². The van der Waals surface area contributed by atoms with E-state index < -0.39 is 0 Å². The molecule has 1 aliphatic carbocycles. The lowest BCUT2D eigenvalue weighted by Gasteiger charge is -2.42. The third kappa shape index (κ3) is 3.10. The fraction of sp³-hybridized carbons (Fsp3) is 0.765. The predicted molar refractivity (Wildman–Crippen MR) is 87.3 cm³/mol. The molecule has 2 nitrogen and oxygen atoms in total. The summed E-state index contributed by atoms with van der Waals surface area (Å²) in [5.41, 5.74) is 1.46. The lowest BCUT2D eigenvalue weighted by Crippen LogP contribution is -2.58. The summed E-state index contributed by atoms with van der Waals surface area (Å²) >= 11 is 1.98. The average molecular weight is 292 g/mol. The van der Waals surface area contributed by atoms with Gasteiger partial charge in [-0.2, -0.15) is 0 Å². The van der Waals surface area contributed by atoms with Crippen molar-refractivity contribution in [2.75, 3.05) is 13.1 Å². The van der Waals surface area contributed by atoms with Gasteiger partial charge in [0.05, 0.1) is 0 Å². The van der Waals surface area contributed by atoms with Crippen LogP contribution < -0.4 is 5.32 Å². The number of nitrogens with zero attached hydrogens (tertiary/aromatic N) is 1. The number of aryl methyl sites for hydroxylation is 2. The Morgan fingerprint density at radius 2 is 2.10 bits per heavy atom. The molecule has 1 aromatic heterocycles. The van der Waals surface area contributed by atoms with Crippen molar-refractivity contribution in [3.8, 4) is 0 Å². The zero-order valence-electron chi connectivity index (χ0n) is 13.3. The minimum Gasteiger partial charge on any atom is -0.311 e. The summed E-state index contributed by atoms with van der Waals surface area (Å²) in [5, 5.41) is 3.81. The highest BCUT2D eigenvalue weighted by Crippen LogP contribution is 2.35. The molecule has 1 saturated carbocycles. The van der Waals surface area contributed by atoms with Crippen LogP contribution in [0.4, 0.5) is 0 Å². The molecule has 2 heterocycles. The molecular formula is C17H28N2S. The Bertz CT molecular complexity index is 442. The Kier molecular flexibility index (Phi) is 4.21. The molecule has 1 N–H and O–H groups in total. The monoisotopic (exact) mass is 292 g/mol. The summed E-state index contributed by atoms with van der Waals surface area (Å²) in [6.45, 7) is 12.8. The van der Waals surface area contributed by atoms with Crippen LogP contribution in [0.5, 0.6) is 0 Å². The average Bonchev–Trinajstić information content (AvgIpc) is 3.17. The number of hydrogen-bond acceptors (Lipinski definition) is 3. The van der Waals surface area contributed by atoms with Crippen LogP contribution in [0.3, 0.4) is 0 Å². The van der Waals surface area contributed by atoms with E-state index in [9.17, 15) is 0 Å². The molecule has 2 unspecified atom stereocenters. The second-order valence-electron chi connectivity index (χ2n) is 7.04. The zero-order valence-corrected chi connectivity index (χ0v) is 14.1. The lowest BCUT2D eigenvalue weighted by molar-refractivity contribution is 0.0862. The van der Waals surface area contributed by atoms with Gasteiger partial charge in [-0.05, 0) is 50.2 Å². The molecule has 0 aromatic carbocycles. The van der Waals surface area contributed by atoms with E-state index in [-0.39, 0.29) is 0 Å². The van der Waals surface area contributed by atoms with Gasteiger partial charge in [-0.15, -0.1) is 11.3 Å². The Balaban J connectivity index is 1.71. The maximum atomic E-state index is 3.81. The number of piperazine rings is 1. The topological polar surface area (TPSA) is 15.3 Å². The van der Waals surface area contributed by atoms with Crippen molar-refractivity contribution >= 4 is 11.3 Å². The molecule has 2 atom stereocenters. The summed E-state index contributed by atoms with van der Waals surface area (Å²) in [4.78, 5) is 5.77. The molecule has 0 amide bonds. The first kappa shape index (κ1) is 14.6. The smallest absolute Gasteiger partial charge is 0.0332 e. The molecule has 0 spiro atoms. The second kappa shape index (κ2) is 5.78. The highest BCUT2D eigenvalue weighted by molar-refractivity contribution is 7.12. The predicted octanol–water partition coefficient (Wildman–Crippen LogP) is 3.57. The van der Waals surface area contributed by atoms with Gasteiger partial charge in [0, 0.05) is 41.5 Å². The first-order valence-corrected chi connectivity index (χ1v) is 8.89. The van der Waals surface area contributed by atoms with Crippen LogP contribution in [0.25, 0.3) is 0 Å². The van der Waals surface area contributed by atoms with E-state index in [0.717, 1.165) is 24.4 Å². The van der Waals surface area contributed by atoms with Gasteiger partial charge in [0.1, 0.15) is 0 Å². The van der Waals surface area contributed by atoms with Crippen molar-refractivity contribution < 1.29 is 0 Å². The number of nitrogens with one attached hydrogen (secondary N) is 1. The minimum atomic E-state index is 0.688. The van der Waals surface area contributed by atoms with Crippen LogP contribution >= 0.6 is 11.3 Å². The van der Waals surface area contributed by atoms with Crippen molar-refractivity contribution in [1.29, 1.82) is 0 Å². The Labute approximate surface area is 127 Å². The Morgan fingerprint density at radius 3 is 2.65 bits per heavy atom. The molecule has 0 bridgehead atoms. The highest BCUT2D eigenvalue weighted by atomic mass is 32.1. The molecule has 20 heavy (non-hydrogen) atoms. The van der Waals surface area contributed by atoms with Gasteiger partial charge in [0.2, 0.25) is 0 Å². The van der Waals surface area contributed by atoms with Gasteiger partial charge in [-0.3, -0.25) is 4.90 Å². The molecule has 1 aliphatic heterocycles. The standard InChI is InChI=1S/C17H28N2S/c1-11(2)17-8-18-16(14-5-6-14)10-19(17)9-15-7-12(3)13(4)20-15/h7,11,14,16-18H,5-6,8-10H2,1-4H3. The van der Waals surface area contributed by atoms with E-state index in [1.54, 1.807) is 4.88 Å². The largest absolute Gasteiger partial charge is 0.311 e. The molecular weight excluding hydrogens is 264 g/mol. The van der Waals surface area contributed by atoms with Crippen molar-refractivity contribution in [3.05, 3.63) is 21.4 Å². The Hall–Kier alpha value is -0.380. The summed E-state index contributed by atoms with van der Waals surface area (Å²) in [5.74, 6) is 1.68. The third-order valence-electron chi connectivity index (χ3n) is 5.03. The zero-order chi connectivity index (χ0) is 14.3. The Morgan fingerprint density at radius 1 is 1.35 bits per heavy atom. The van der Waals surface area contributed by atoms with E-state index >= 15 is 0 Å². The van der Waals surface area contributed by atoms with E-state index in [2.05, 4.69) is 44.0 Å². The molecule has 1 aromatic rings. The molecule has 2 fully saturated rings. The SMILES string of the molecule is Cc1cc(CN2CC(C3CC3)NCC2C(C)C)sc1C. The van der Waals surface area contributed by atoms with Crippen molar-refractivity contribution in [1.82, 2.24) is 10.2 Å². The van der Waals surface area contributed by atoms with Crippen LogP contribution in [0, 0.1) is 25.7 Å². The first-order chi connectivity index (χ1) is 9.54.